The highest BCUT2D eigenvalue weighted by Gasteiger charge is 2.27. The van der Waals surface area contributed by atoms with E-state index in [1.807, 2.05) is 4.90 Å². The first-order valence-electron chi connectivity index (χ1n) is 6.69. The maximum Gasteiger partial charge on any atom is 0.251 e. The third kappa shape index (κ3) is 5.31. The van der Waals surface area contributed by atoms with Crippen LogP contribution in [0, 0.1) is 5.92 Å². The molecule has 0 radical (unpaired) electrons. The lowest BCUT2D eigenvalue weighted by atomic mass is 10.1. The normalized spacial score (nSPS) is 19.2. The second-order valence-corrected chi connectivity index (χ2v) is 5.75. The van der Waals surface area contributed by atoms with E-state index in [1.54, 1.807) is 0 Å². The van der Waals surface area contributed by atoms with Crippen molar-refractivity contribution in [3.63, 3.8) is 0 Å². The van der Waals surface area contributed by atoms with Crippen LogP contribution in [0.25, 0.3) is 0 Å². The highest BCUT2D eigenvalue weighted by Crippen LogP contribution is 2.16. The van der Waals surface area contributed by atoms with E-state index in [4.69, 9.17) is 22.7 Å². The minimum atomic E-state index is -0.247. The Labute approximate surface area is 115 Å². The largest absolute Gasteiger partial charge is 0.393 e. The van der Waals surface area contributed by atoms with Gasteiger partial charge in [0, 0.05) is 26.1 Å². The summed E-state index contributed by atoms with van der Waals surface area (Å²) < 4.78 is 5.45. The second-order valence-electron chi connectivity index (χ2n) is 5.23. The average Bonchev–Trinajstić information content (AvgIpc) is 2.81. The van der Waals surface area contributed by atoms with Crippen molar-refractivity contribution >= 4 is 23.1 Å². The van der Waals surface area contributed by atoms with Crippen molar-refractivity contribution in [3.05, 3.63) is 0 Å². The van der Waals surface area contributed by atoms with Crippen LogP contribution in [-0.2, 0) is 9.53 Å². The fourth-order valence-electron chi connectivity index (χ4n) is 1.97. The van der Waals surface area contributed by atoms with Gasteiger partial charge in [-0.3, -0.25) is 4.79 Å². The second kappa shape index (κ2) is 7.69. The fourth-order valence-corrected chi connectivity index (χ4v) is 2.06. The Hall–Kier alpha value is -0.680. The summed E-state index contributed by atoms with van der Waals surface area (Å²) in [6.07, 6.45) is 3.15. The summed E-state index contributed by atoms with van der Waals surface area (Å²) in [5.74, 6) is 0.680. The van der Waals surface area contributed by atoms with Crippen molar-refractivity contribution in [2.75, 3.05) is 19.7 Å². The molecule has 1 rings (SSSR count). The lowest BCUT2D eigenvalue weighted by molar-refractivity contribution is -0.141. The first kappa shape index (κ1) is 15.4. The highest BCUT2D eigenvalue weighted by atomic mass is 32.1. The van der Waals surface area contributed by atoms with Crippen molar-refractivity contribution < 1.29 is 9.53 Å². The van der Waals surface area contributed by atoms with Crippen LogP contribution in [0.1, 0.15) is 39.5 Å². The predicted octanol–water partition coefficient (Wildman–Crippen LogP) is 1.72. The topological polar surface area (TPSA) is 55.6 Å². The Balaban J connectivity index is 2.50. The van der Waals surface area contributed by atoms with Gasteiger partial charge in [0.1, 0.15) is 6.10 Å². The van der Waals surface area contributed by atoms with Crippen LogP contribution in [0.15, 0.2) is 0 Å². The Kier molecular flexibility index (Phi) is 6.57. The van der Waals surface area contributed by atoms with Crippen LogP contribution < -0.4 is 5.73 Å². The molecule has 1 fully saturated rings. The molecule has 5 heteroatoms. The molecule has 104 valence electrons. The number of rotatable bonds is 7. The van der Waals surface area contributed by atoms with E-state index in [-0.39, 0.29) is 12.0 Å². The van der Waals surface area contributed by atoms with Crippen LogP contribution >= 0.6 is 12.2 Å². The van der Waals surface area contributed by atoms with E-state index in [0.717, 1.165) is 25.8 Å². The molecule has 1 aliphatic rings. The van der Waals surface area contributed by atoms with Gasteiger partial charge in [0.15, 0.2) is 0 Å². The molecular formula is C13H24N2O2S. The Morgan fingerprint density at radius 1 is 1.50 bits per heavy atom. The number of thiocarbonyl (C=S) groups is 1. The number of carbonyl (C=O) groups is 1. The maximum absolute atomic E-state index is 12.3. The standard InChI is InChI=1S/C13H24N2O2S/c1-10(2)5-7-15(8-6-12(14)18)13(16)11-4-3-9-17-11/h10-11H,3-9H2,1-2H3,(H2,14,18). The van der Waals surface area contributed by atoms with Crippen LogP contribution in [0.2, 0.25) is 0 Å². The summed E-state index contributed by atoms with van der Waals surface area (Å²) in [6.45, 7) is 6.38. The van der Waals surface area contributed by atoms with Gasteiger partial charge < -0.3 is 15.4 Å². The average molecular weight is 272 g/mol. The summed E-state index contributed by atoms with van der Waals surface area (Å²) >= 11 is 4.88. The molecule has 1 atom stereocenters. The van der Waals surface area contributed by atoms with Crippen molar-refractivity contribution in [2.24, 2.45) is 11.7 Å². The molecule has 1 aliphatic heterocycles. The van der Waals surface area contributed by atoms with Gasteiger partial charge in [0.2, 0.25) is 0 Å². The lowest BCUT2D eigenvalue weighted by Gasteiger charge is -2.26. The molecule has 4 nitrogen and oxygen atoms in total. The van der Waals surface area contributed by atoms with Crippen molar-refractivity contribution in [1.29, 1.82) is 0 Å². The smallest absolute Gasteiger partial charge is 0.251 e. The number of hydrogen-bond acceptors (Lipinski definition) is 3. The maximum atomic E-state index is 12.3. The summed E-state index contributed by atoms with van der Waals surface area (Å²) in [7, 11) is 0. The number of nitrogens with zero attached hydrogens (tertiary/aromatic N) is 1. The van der Waals surface area contributed by atoms with Gasteiger partial charge in [0.25, 0.3) is 5.91 Å². The summed E-state index contributed by atoms with van der Waals surface area (Å²) in [5.41, 5.74) is 5.51. The quantitative estimate of drug-likeness (QED) is 0.717. The molecule has 0 bridgehead atoms. The van der Waals surface area contributed by atoms with Gasteiger partial charge in [-0.05, 0) is 25.2 Å². The zero-order valence-electron chi connectivity index (χ0n) is 11.4. The molecule has 0 aromatic rings. The van der Waals surface area contributed by atoms with E-state index in [0.29, 0.717) is 30.5 Å². The number of nitrogens with two attached hydrogens (primary N) is 1. The zero-order valence-corrected chi connectivity index (χ0v) is 12.2. The minimum absolute atomic E-state index is 0.101. The summed E-state index contributed by atoms with van der Waals surface area (Å²) in [4.78, 5) is 14.6. The van der Waals surface area contributed by atoms with Gasteiger partial charge >= 0.3 is 0 Å². The van der Waals surface area contributed by atoms with Crippen molar-refractivity contribution in [3.8, 4) is 0 Å². The van der Waals surface area contributed by atoms with Crippen LogP contribution in [0.4, 0.5) is 0 Å². The molecule has 1 amide bonds. The van der Waals surface area contributed by atoms with Gasteiger partial charge in [0.05, 0.1) is 4.99 Å². The molecule has 0 saturated carbocycles. The van der Waals surface area contributed by atoms with E-state index < -0.39 is 0 Å². The molecule has 0 aliphatic carbocycles. The number of hydrogen-bond donors (Lipinski definition) is 1. The third-order valence-corrected chi connectivity index (χ3v) is 3.33. The SMILES string of the molecule is CC(C)CCN(CCC(N)=S)C(=O)C1CCCO1. The Morgan fingerprint density at radius 3 is 2.72 bits per heavy atom. The monoisotopic (exact) mass is 272 g/mol. The van der Waals surface area contributed by atoms with Gasteiger partial charge in [-0.1, -0.05) is 26.1 Å². The van der Waals surface area contributed by atoms with Gasteiger partial charge in [-0.15, -0.1) is 0 Å². The molecule has 0 spiro atoms. The van der Waals surface area contributed by atoms with E-state index >= 15 is 0 Å². The summed E-state index contributed by atoms with van der Waals surface area (Å²) in [5, 5.41) is 0. The predicted molar refractivity (Wildman–Crippen MR) is 76.4 cm³/mol. The first-order valence-corrected chi connectivity index (χ1v) is 7.10. The fraction of sp³-hybridized carbons (Fsp3) is 0.846. The molecular weight excluding hydrogens is 248 g/mol. The Bertz CT molecular complexity index is 289. The molecule has 1 unspecified atom stereocenters. The zero-order chi connectivity index (χ0) is 13.5. The number of carbonyl (C=O) groups excluding carboxylic acids is 1. The van der Waals surface area contributed by atoms with E-state index in [2.05, 4.69) is 13.8 Å². The van der Waals surface area contributed by atoms with Gasteiger partial charge in [-0.2, -0.15) is 0 Å². The van der Waals surface area contributed by atoms with Crippen molar-refractivity contribution in [1.82, 2.24) is 4.90 Å². The Morgan fingerprint density at radius 2 is 2.22 bits per heavy atom. The molecule has 2 N–H and O–H groups in total. The minimum Gasteiger partial charge on any atom is -0.393 e. The molecule has 0 aromatic heterocycles. The summed E-state index contributed by atoms with van der Waals surface area (Å²) in [6, 6.07) is 0. The van der Waals surface area contributed by atoms with Gasteiger partial charge in [-0.25, -0.2) is 0 Å². The van der Waals surface area contributed by atoms with Crippen LogP contribution in [-0.4, -0.2) is 41.6 Å². The first-order chi connectivity index (χ1) is 8.50. The van der Waals surface area contributed by atoms with E-state index in [9.17, 15) is 4.79 Å². The number of amides is 1. The third-order valence-electron chi connectivity index (χ3n) is 3.12. The van der Waals surface area contributed by atoms with E-state index in [1.165, 1.54) is 0 Å². The lowest BCUT2D eigenvalue weighted by Crippen LogP contribution is -2.41. The molecule has 1 heterocycles. The highest BCUT2D eigenvalue weighted by molar-refractivity contribution is 7.80. The number of ether oxygens (including phenoxy) is 1. The molecule has 18 heavy (non-hydrogen) atoms. The van der Waals surface area contributed by atoms with Crippen molar-refractivity contribution in [2.45, 2.75) is 45.6 Å². The molecule has 1 saturated heterocycles. The molecule has 0 aromatic carbocycles. The van der Waals surface area contributed by atoms with Crippen LogP contribution in [0.5, 0.6) is 0 Å². The van der Waals surface area contributed by atoms with Crippen LogP contribution in [0.3, 0.4) is 0 Å².